The molecule has 0 saturated carbocycles. The van der Waals surface area contributed by atoms with Gasteiger partial charge in [0.1, 0.15) is 17.5 Å². The van der Waals surface area contributed by atoms with Crippen molar-refractivity contribution in [2.24, 2.45) is 32.9 Å². The molecule has 0 spiro atoms. The first-order valence-electron chi connectivity index (χ1n) is 29.0. The Morgan fingerprint density at radius 1 is 0.774 bits per heavy atom. The summed E-state index contributed by atoms with van der Waals surface area (Å²) in [5.41, 5.74) is 25.9. The molecular formula is C64H82N12O8. The maximum Gasteiger partial charge on any atom is 0.221 e. The lowest BCUT2D eigenvalue weighted by atomic mass is 9.80. The van der Waals surface area contributed by atoms with E-state index in [0.717, 1.165) is 63.2 Å². The zero-order valence-corrected chi connectivity index (χ0v) is 48.8. The number of phenolic OH excluding ortho intramolecular Hbond substituents is 2. The number of likely N-dealkylation sites (tertiary alicyclic amines) is 3. The van der Waals surface area contributed by atoms with Gasteiger partial charge in [-0.15, -0.1) is 0 Å². The predicted octanol–water partition coefficient (Wildman–Crippen LogP) is 5.74. The van der Waals surface area contributed by atoms with Crippen molar-refractivity contribution in [1.82, 2.24) is 29.9 Å². The molecule has 4 unspecified atom stereocenters. The van der Waals surface area contributed by atoms with Crippen molar-refractivity contribution in [2.75, 3.05) is 26.2 Å². The van der Waals surface area contributed by atoms with E-state index in [4.69, 9.17) is 27.7 Å². The van der Waals surface area contributed by atoms with Crippen LogP contribution in [0.5, 0.6) is 11.5 Å². The number of fused-ring (bicyclic) bond motifs is 2. The number of amides is 3. The molecule has 84 heavy (non-hydrogen) atoms. The number of aromatic hydroxyl groups is 2. The molecule has 9 rings (SSSR count). The van der Waals surface area contributed by atoms with Crippen molar-refractivity contribution in [3.63, 3.8) is 0 Å². The molecule has 20 nitrogen and oxygen atoms in total. The molecule has 12 N–H and O–H groups in total. The highest BCUT2D eigenvalue weighted by atomic mass is 16.5. The van der Waals surface area contributed by atoms with E-state index in [9.17, 15) is 34.2 Å². The molecule has 5 aromatic carbocycles. The molecule has 3 aliphatic heterocycles. The molecule has 3 amide bonds. The fraction of sp³-hybridized carbons (Fsp3) is 0.422. The van der Waals surface area contributed by atoms with Crippen LogP contribution < -0.4 is 28.3 Å². The molecular weight excluding hydrogens is 1060 g/mol. The molecule has 3 fully saturated rings. The van der Waals surface area contributed by atoms with Crippen molar-refractivity contribution in [3.05, 3.63) is 144 Å². The van der Waals surface area contributed by atoms with E-state index < -0.39 is 23.8 Å². The molecule has 8 atom stereocenters. The summed E-state index contributed by atoms with van der Waals surface area (Å²) >= 11 is 0. The SMILES string of the molecule is CC(=O)N(Cc1ccc2ccccc2c1)C1C[C@H](CCCN=C(N)N)N(C2(C)C(=O)[C@H](Cc3ccc(O)cc3)N2C(C)=O)C1.CC(=O)N[C@@H](Cc1ccc(O)cc1)C(=O)C(C)N1CC(OCc2c[nH]c3ccccc23)C[C@@H]1CCCN=C(N)N. The number of ether oxygens (including phenoxy) is 1. The lowest BCUT2D eigenvalue weighted by molar-refractivity contribution is -0.192. The van der Waals surface area contributed by atoms with Crippen LogP contribution in [0.1, 0.15) is 95.4 Å². The molecule has 1 aromatic heterocycles. The van der Waals surface area contributed by atoms with Crippen molar-refractivity contribution in [2.45, 2.75) is 147 Å². The zero-order chi connectivity index (χ0) is 60.2. The van der Waals surface area contributed by atoms with Gasteiger partial charge in [-0.3, -0.25) is 43.8 Å². The van der Waals surface area contributed by atoms with E-state index in [2.05, 4.69) is 66.5 Å². The largest absolute Gasteiger partial charge is 0.508 e. The number of phenols is 2. The minimum atomic E-state index is -1.14. The third-order valence-electron chi connectivity index (χ3n) is 16.8. The standard InChI is InChI=1S/C34H42N6O4.C30H40N6O4/c1-22(41)38(20-25-10-13-26-7-4-5-8-27(26)17-25)29-19-28(9-6-16-37-33(35)36)39(21-29)34(3)32(44)31(40(34)23(2)42)18-24-11-14-30(43)15-12-24;1-19(29(39)28(35-20(2)37)14-21-9-11-24(38)12-10-21)36-17-25(15-23(36)6-5-13-33-30(31)32)40-18-22-16-34-27-8-4-3-7-26(22)27/h4-5,7-8,10-15,17,28-29,31,43H,6,9,16,18-21H2,1-3H3,(H4,35,36,37);3-4,7-12,16,19,23,25,28,34,38H,5-6,13-15,17-18H2,1-2H3,(H,35,37)(H4,31,32,33)/t28-,29?,31-,34?;19?,23-,25?,28-/m00/s1. The summed E-state index contributed by atoms with van der Waals surface area (Å²) in [6.45, 7) is 11.2. The highest BCUT2D eigenvalue weighted by Gasteiger charge is 2.64. The zero-order valence-electron chi connectivity index (χ0n) is 48.8. The monoisotopic (exact) mass is 1150 g/mol. The summed E-state index contributed by atoms with van der Waals surface area (Å²) < 4.78 is 6.39. The Balaban J connectivity index is 0.000000220. The summed E-state index contributed by atoms with van der Waals surface area (Å²) in [7, 11) is 0. The van der Waals surface area contributed by atoms with Crippen LogP contribution in [0, 0.1) is 0 Å². The number of guanidine groups is 2. The van der Waals surface area contributed by atoms with Gasteiger partial charge in [-0.2, -0.15) is 0 Å². The Kier molecular flexibility index (Phi) is 20.5. The van der Waals surface area contributed by atoms with E-state index in [1.807, 2.05) is 55.3 Å². The third-order valence-corrected chi connectivity index (χ3v) is 16.8. The van der Waals surface area contributed by atoms with Crippen LogP contribution in [0.4, 0.5) is 0 Å². The topological polar surface area (TPSA) is 305 Å². The number of carbonyl (C=O) groups is 5. The number of Topliss-reactive ketones (excluding diaryl/α,β-unsaturated/α-hetero) is 2. The van der Waals surface area contributed by atoms with Gasteiger partial charge < -0.3 is 58.0 Å². The predicted molar refractivity (Wildman–Crippen MR) is 326 cm³/mol. The first kappa shape index (κ1) is 61.7. The van der Waals surface area contributed by atoms with Gasteiger partial charge >= 0.3 is 0 Å². The van der Waals surface area contributed by atoms with Gasteiger partial charge in [0.05, 0.1) is 24.8 Å². The highest BCUT2D eigenvalue weighted by Crippen LogP contribution is 2.44. The summed E-state index contributed by atoms with van der Waals surface area (Å²) in [6, 6.07) is 34.1. The Bertz CT molecular complexity index is 3320. The molecule has 3 aliphatic rings. The third kappa shape index (κ3) is 15.1. The molecule has 0 aliphatic carbocycles. The van der Waals surface area contributed by atoms with Gasteiger partial charge in [-0.1, -0.05) is 78.9 Å². The van der Waals surface area contributed by atoms with Gasteiger partial charge in [0.25, 0.3) is 0 Å². The van der Waals surface area contributed by atoms with Crippen LogP contribution in [0.2, 0.25) is 0 Å². The molecule has 446 valence electrons. The first-order chi connectivity index (χ1) is 40.2. The first-order valence-corrected chi connectivity index (χ1v) is 29.0. The number of benzene rings is 5. The number of para-hydroxylation sites is 1. The number of hydrogen-bond acceptors (Lipinski definition) is 12. The van der Waals surface area contributed by atoms with E-state index in [0.29, 0.717) is 71.4 Å². The number of nitrogens with zero attached hydrogens (tertiary/aromatic N) is 6. The second kappa shape index (κ2) is 27.8. The van der Waals surface area contributed by atoms with Crippen molar-refractivity contribution in [3.8, 4) is 11.5 Å². The Labute approximate surface area is 491 Å². The normalized spacial score (nSPS) is 21.2. The van der Waals surface area contributed by atoms with E-state index >= 15 is 0 Å². The number of H-pyrrole nitrogens is 1. The van der Waals surface area contributed by atoms with E-state index in [1.165, 1.54) is 13.8 Å². The number of aromatic nitrogens is 1. The average molecular weight is 1150 g/mol. The molecule has 0 bridgehead atoms. The van der Waals surface area contributed by atoms with Crippen molar-refractivity contribution < 1.29 is 38.9 Å². The number of aromatic amines is 1. The number of rotatable bonds is 23. The summed E-state index contributed by atoms with van der Waals surface area (Å²) in [4.78, 5) is 85.5. The molecule has 6 aromatic rings. The van der Waals surface area contributed by atoms with E-state index in [1.54, 1.807) is 60.4 Å². The highest BCUT2D eigenvalue weighted by molar-refractivity contribution is 6.04. The van der Waals surface area contributed by atoms with Gasteiger partial charge in [-0.25, -0.2) is 0 Å². The molecule has 0 radical (unpaired) electrons. The second-order valence-corrected chi connectivity index (χ2v) is 22.7. The molecule has 4 heterocycles. The number of nitrogens with one attached hydrogen (secondary N) is 2. The maximum absolute atomic E-state index is 14.0. The Hall–Kier alpha value is -8.33. The lowest BCUT2D eigenvalue weighted by Gasteiger charge is -2.59. The number of ketones is 2. The van der Waals surface area contributed by atoms with Crippen molar-refractivity contribution in [1.29, 1.82) is 0 Å². The van der Waals surface area contributed by atoms with Gasteiger partial charge in [0.2, 0.25) is 17.7 Å². The minimum absolute atomic E-state index is 0.0282. The molecule has 3 saturated heterocycles. The second-order valence-electron chi connectivity index (χ2n) is 22.7. The van der Waals surface area contributed by atoms with Gasteiger partial charge in [0.15, 0.2) is 29.1 Å². The summed E-state index contributed by atoms with van der Waals surface area (Å²) in [5, 5.41) is 25.6. The van der Waals surface area contributed by atoms with Gasteiger partial charge in [-0.05, 0) is 123 Å². The van der Waals surface area contributed by atoms with Crippen LogP contribution >= 0.6 is 0 Å². The summed E-state index contributed by atoms with van der Waals surface area (Å²) in [5.74, 6) is -0.175. The Morgan fingerprint density at radius 3 is 2.01 bits per heavy atom. The van der Waals surface area contributed by atoms with Crippen LogP contribution in [-0.2, 0) is 54.7 Å². The lowest BCUT2D eigenvalue weighted by Crippen LogP contribution is -2.81. The number of carbonyl (C=O) groups excluding carboxylic acids is 5. The maximum atomic E-state index is 14.0. The van der Waals surface area contributed by atoms with Gasteiger partial charge in [0, 0.05) is 101 Å². The summed E-state index contributed by atoms with van der Waals surface area (Å²) in [6.07, 6.45) is 7.06. The van der Waals surface area contributed by atoms with Crippen molar-refractivity contribution >= 4 is 62.9 Å². The quantitative estimate of drug-likeness (QED) is 0.0216. The Morgan fingerprint density at radius 2 is 1.38 bits per heavy atom. The van der Waals surface area contributed by atoms with Crippen LogP contribution in [-0.4, -0.2) is 150 Å². The van der Waals surface area contributed by atoms with Crippen LogP contribution in [0.25, 0.3) is 21.7 Å². The fourth-order valence-corrected chi connectivity index (χ4v) is 12.7. The van der Waals surface area contributed by atoms with Crippen LogP contribution in [0.3, 0.4) is 0 Å². The minimum Gasteiger partial charge on any atom is -0.508 e. The number of nitrogens with two attached hydrogens (primary N) is 4. The number of aliphatic imine (C=N–C) groups is 2. The number of hydrogen-bond donors (Lipinski definition) is 8. The van der Waals surface area contributed by atoms with Crippen LogP contribution in [0.15, 0.2) is 131 Å². The average Bonchev–Trinajstić information content (AvgIpc) is 3.78. The van der Waals surface area contributed by atoms with E-state index in [-0.39, 0.29) is 76.9 Å². The smallest absolute Gasteiger partial charge is 0.221 e. The fourth-order valence-electron chi connectivity index (χ4n) is 12.7. The molecule has 20 heteroatoms.